The molecule has 0 aliphatic heterocycles. The molecule has 0 spiro atoms. The van der Waals surface area contributed by atoms with Crippen LogP contribution in [0.4, 0.5) is 0 Å². The fourth-order valence-corrected chi connectivity index (χ4v) is 2.65. The van der Waals surface area contributed by atoms with Gasteiger partial charge in [0.05, 0.1) is 19.3 Å². The number of hydrogen-bond acceptors (Lipinski definition) is 4. The summed E-state index contributed by atoms with van der Waals surface area (Å²) in [4.78, 5) is 0. The number of aromatic hydroxyl groups is 1. The molecule has 0 saturated heterocycles. The van der Waals surface area contributed by atoms with E-state index in [1.807, 2.05) is 30.3 Å². The molecule has 0 heterocycles. The van der Waals surface area contributed by atoms with E-state index in [0.29, 0.717) is 17.7 Å². The molecule has 4 nitrogen and oxygen atoms in total. The van der Waals surface area contributed by atoms with Crippen molar-refractivity contribution < 1.29 is 14.9 Å². The molecule has 6 heteroatoms. The molecule has 22 heavy (non-hydrogen) atoms. The van der Waals surface area contributed by atoms with Crippen LogP contribution in [0.3, 0.4) is 0 Å². The van der Waals surface area contributed by atoms with Crippen LogP contribution in [-0.4, -0.2) is 23.4 Å². The van der Waals surface area contributed by atoms with Crippen molar-refractivity contribution in [2.24, 2.45) is 5.73 Å². The lowest BCUT2D eigenvalue weighted by atomic mass is 9.96. The Morgan fingerprint density at radius 3 is 2.45 bits per heavy atom. The number of benzene rings is 2. The molecular weight excluding hydrogens is 370 g/mol. The molecule has 4 N–H and O–H groups in total. The highest BCUT2D eigenvalue weighted by Crippen LogP contribution is 2.37. The Balaban J connectivity index is 0.00000242. The molecule has 2 atom stereocenters. The van der Waals surface area contributed by atoms with Crippen LogP contribution in [0.5, 0.6) is 11.5 Å². The highest BCUT2D eigenvalue weighted by Gasteiger charge is 2.22. The number of phenols is 1. The van der Waals surface area contributed by atoms with E-state index in [9.17, 15) is 10.2 Å². The molecule has 0 radical (unpaired) electrons. The Morgan fingerprint density at radius 1 is 1.23 bits per heavy atom. The zero-order chi connectivity index (χ0) is 15.4. The number of ether oxygens (including phenoxy) is 1. The molecule has 0 aromatic heterocycles. The molecule has 2 aromatic carbocycles. The zero-order valence-corrected chi connectivity index (χ0v) is 14.5. The van der Waals surface area contributed by atoms with Crippen molar-refractivity contribution in [1.82, 2.24) is 0 Å². The van der Waals surface area contributed by atoms with Crippen molar-refractivity contribution in [3.05, 3.63) is 58.1 Å². The Morgan fingerprint density at radius 2 is 1.86 bits per heavy atom. The van der Waals surface area contributed by atoms with Crippen LogP contribution in [-0.2, 0) is 6.42 Å². The lowest BCUT2D eigenvalue weighted by Gasteiger charge is -2.21. The van der Waals surface area contributed by atoms with Crippen LogP contribution in [0.25, 0.3) is 0 Å². The summed E-state index contributed by atoms with van der Waals surface area (Å²) in [5.74, 6) is 0.280. The second-order valence-electron chi connectivity index (χ2n) is 4.83. The summed E-state index contributed by atoms with van der Waals surface area (Å²) < 4.78 is 5.83. The maximum atomic E-state index is 10.3. The van der Waals surface area contributed by atoms with Crippen molar-refractivity contribution in [3.8, 4) is 11.5 Å². The maximum absolute atomic E-state index is 10.3. The van der Waals surface area contributed by atoms with E-state index in [1.165, 1.54) is 7.11 Å². The second kappa shape index (κ2) is 8.39. The van der Waals surface area contributed by atoms with Gasteiger partial charge < -0.3 is 20.7 Å². The van der Waals surface area contributed by atoms with Crippen molar-refractivity contribution >= 4 is 28.3 Å². The van der Waals surface area contributed by atoms with Gasteiger partial charge in [-0.2, -0.15) is 0 Å². The van der Waals surface area contributed by atoms with Gasteiger partial charge in [-0.1, -0.05) is 46.3 Å². The quantitative estimate of drug-likeness (QED) is 0.735. The standard InChI is InChI=1S/C16H18BrNO3.ClH/c1-21-14-9-11(17)8-12(16(14)20)15(18)13(19)7-10-5-3-2-4-6-10;/h2-6,8-9,13,15,19-20H,7,18H2,1H3;1H/t13-,15+;/m1./s1. The van der Waals surface area contributed by atoms with Crippen LogP contribution in [0.15, 0.2) is 46.9 Å². The predicted molar refractivity (Wildman–Crippen MR) is 92.7 cm³/mol. The Bertz CT molecular complexity index is 610. The largest absolute Gasteiger partial charge is 0.504 e. The van der Waals surface area contributed by atoms with Crippen molar-refractivity contribution in [3.63, 3.8) is 0 Å². The minimum atomic E-state index is -0.808. The molecule has 0 unspecified atom stereocenters. The van der Waals surface area contributed by atoms with Gasteiger partial charge in [0.2, 0.25) is 0 Å². The third-order valence-electron chi connectivity index (χ3n) is 3.35. The van der Waals surface area contributed by atoms with Crippen LogP contribution in [0.2, 0.25) is 0 Å². The minimum absolute atomic E-state index is 0. The highest BCUT2D eigenvalue weighted by molar-refractivity contribution is 9.10. The van der Waals surface area contributed by atoms with Crippen LogP contribution < -0.4 is 10.5 Å². The first-order valence-corrected chi connectivity index (χ1v) is 7.36. The predicted octanol–water partition coefficient (Wildman–Crippen LogP) is 3.19. The van der Waals surface area contributed by atoms with Crippen molar-refractivity contribution in [1.29, 1.82) is 0 Å². The Labute approximate surface area is 144 Å². The number of phenolic OH excluding ortho intramolecular Hbond substituents is 1. The summed E-state index contributed by atoms with van der Waals surface area (Å²) in [5, 5.41) is 20.5. The summed E-state index contributed by atoms with van der Waals surface area (Å²) in [6.45, 7) is 0. The minimum Gasteiger partial charge on any atom is -0.504 e. The molecule has 2 rings (SSSR count). The SMILES string of the molecule is COc1cc(Br)cc([C@H](N)[C@H](O)Cc2ccccc2)c1O.Cl. The van der Waals surface area contributed by atoms with Gasteiger partial charge in [-0.05, 0) is 17.7 Å². The second-order valence-corrected chi connectivity index (χ2v) is 5.74. The monoisotopic (exact) mass is 387 g/mol. The van der Waals surface area contributed by atoms with Crippen LogP contribution >= 0.6 is 28.3 Å². The fourth-order valence-electron chi connectivity index (χ4n) is 2.19. The van der Waals surface area contributed by atoms with Gasteiger partial charge in [-0.3, -0.25) is 0 Å². The van der Waals surface area contributed by atoms with Gasteiger partial charge in [0, 0.05) is 16.5 Å². The zero-order valence-electron chi connectivity index (χ0n) is 12.1. The summed E-state index contributed by atoms with van der Waals surface area (Å²) in [7, 11) is 1.47. The normalized spacial score (nSPS) is 13.1. The number of hydrogen-bond donors (Lipinski definition) is 3. The van der Waals surface area contributed by atoms with Gasteiger partial charge in [0.25, 0.3) is 0 Å². The average molecular weight is 389 g/mol. The van der Waals surface area contributed by atoms with Gasteiger partial charge in [-0.25, -0.2) is 0 Å². The molecule has 0 amide bonds. The first kappa shape index (κ1) is 18.8. The van der Waals surface area contributed by atoms with Gasteiger partial charge >= 0.3 is 0 Å². The summed E-state index contributed by atoms with van der Waals surface area (Å²) in [5.41, 5.74) is 7.53. The molecule has 0 fully saturated rings. The number of rotatable bonds is 5. The summed E-state index contributed by atoms with van der Waals surface area (Å²) >= 11 is 3.34. The first-order valence-electron chi connectivity index (χ1n) is 6.57. The molecule has 0 bridgehead atoms. The fraction of sp³-hybridized carbons (Fsp3) is 0.250. The number of nitrogens with two attached hydrogens (primary N) is 1. The molecular formula is C16H19BrClNO3. The van der Waals surface area contributed by atoms with Crippen molar-refractivity contribution in [2.75, 3.05) is 7.11 Å². The highest BCUT2D eigenvalue weighted by atomic mass is 79.9. The summed E-state index contributed by atoms with van der Waals surface area (Å²) in [6.07, 6.45) is -0.395. The topological polar surface area (TPSA) is 75.7 Å². The van der Waals surface area contributed by atoms with E-state index in [4.69, 9.17) is 10.5 Å². The Kier molecular flexibility index (Phi) is 7.16. The smallest absolute Gasteiger partial charge is 0.162 e. The average Bonchev–Trinajstić information content (AvgIpc) is 2.49. The van der Waals surface area contributed by atoms with Gasteiger partial charge in [0.15, 0.2) is 11.5 Å². The van der Waals surface area contributed by atoms with E-state index >= 15 is 0 Å². The Hall–Kier alpha value is -1.27. The van der Waals surface area contributed by atoms with E-state index in [2.05, 4.69) is 15.9 Å². The molecule has 0 aliphatic carbocycles. The molecule has 120 valence electrons. The van der Waals surface area contributed by atoms with E-state index in [1.54, 1.807) is 12.1 Å². The number of halogens is 2. The van der Waals surface area contributed by atoms with Crippen LogP contribution in [0, 0.1) is 0 Å². The van der Waals surface area contributed by atoms with E-state index in [0.717, 1.165) is 10.0 Å². The van der Waals surface area contributed by atoms with Gasteiger partial charge in [-0.15, -0.1) is 12.4 Å². The summed E-state index contributed by atoms with van der Waals surface area (Å²) in [6, 6.07) is 12.2. The number of aliphatic hydroxyl groups is 1. The third kappa shape index (κ3) is 4.36. The maximum Gasteiger partial charge on any atom is 0.162 e. The first-order chi connectivity index (χ1) is 10.0. The lowest BCUT2D eigenvalue weighted by molar-refractivity contribution is 0.143. The molecule has 2 aromatic rings. The lowest BCUT2D eigenvalue weighted by Crippen LogP contribution is -2.28. The van der Waals surface area contributed by atoms with E-state index in [-0.39, 0.29) is 18.2 Å². The molecule has 0 aliphatic rings. The molecule has 0 saturated carbocycles. The number of methoxy groups -OCH3 is 1. The third-order valence-corrected chi connectivity index (χ3v) is 3.81. The number of aliphatic hydroxyl groups excluding tert-OH is 1. The van der Waals surface area contributed by atoms with Gasteiger partial charge in [0.1, 0.15) is 0 Å². The van der Waals surface area contributed by atoms with E-state index < -0.39 is 12.1 Å². The van der Waals surface area contributed by atoms with Crippen LogP contribution in [0.1, 0.15) is 17.2 Å². The van der Waals surface area contributed by atoms with Crippen molar-refractivity contribution in [2.45, 2.75) is 18.6 Å².